The molecule has 2 heterocycles. The van der Waals surface area contributed by atoms with E-state index in [4.69, 9.17) is 0 Å². The quantitative estimate of drug-likeness (QED) is 0.825. The summed E-state index contributed by atoms with van der Waals surface area (Å²) in [5.41, 5.74) is 1.15. The highest BCUT2D eigenvalue weighted by Gasteiger charge is 2.31. The Morgan fingerprint density at radius 1 is 1.17 bits per heavy atom. The van der Waals surface area contributed by atoms with Gasteiger partial charge < -0.3 is 4.90 Å². The number of anilines is 1. The molecular formula is C17H20F3N3S. The van der Waals surface area contributed by atoms with Crippen molar-refractivity contribution in [2.75, 3.05) is 31.1 Å². The van der Waals surface area contributed by atoms with Crippen LogP contribution >= 0.6 is 11.3 Å². The molecule has 0 unspecified atom stereocenters. The molecule has 0 aliphatic carbocycles. The molecule has 1 aliphatic rings. The number of aromatic nitrogens is 1. The molecule has 1 fully saturated rings. The van der Waals surface area contributed by atoms with Gasteiger partial charge in [0.25, 0.3) is 0 Å². The molecule has 3 nitrogen and oxygen atoms in total. The first-order chi connectivity index (χ1) is 11.5. The number of alkyl halides is 3. The summed E-state index contributed by atoms with van der Waals surface area (Å²) in [7, 11) is 0. The predicted octanol–water partition coefficient (Wildman–Crippen LogP) is 4.05. The minimum Gasteiger partial charge on any atom is -0.369 e. The van der Waals surface area contributed by atoms with Crippen LogP contribution in [0.15, 0.2) is 29.6 Å². The Bertz CT molecular complexity index is 676. The van der Waals surface area contributed by atoms with Crippen molar-refractivity contribution < 1.29 is 13.2 Å². The molecule has 24 heavy (non-hydrogen) atoms. The summed E-state index contributed by atoms with van der Waals surface area (Å²) in [6.07, 6.45) is -3.34. The fourth-order valence-corrected chi connectivity index (χ4v) is 3.59. The van der Waals surface area contributed by atoms with Gasteiger partial charge in [0.15, 0.2) is 0 Å². The predicted molar refractivity (Wildman–Crippen MR) is 90.4 cm³/mol. The molecule has 1 aromatic heterocycles. The van der Waals surface area contributed by atoms with Crippen LogP contribution in [-0.4, -0.2) is 36.1 Å². The summed E-state index contributed by atoms with van der Waals surface area (Å²) in [5, 5.41) is 3.24. The van der Waals surface area contributed by atoms with Crippen molar-refractivity contribution in [3.8, 4) is 0 Å². The van der Waals surface area contributed by atoms with E-state index in [0.29, 0.717) is 5.69 Å². The van der Waals surface area contributed by atoms with Gasteiger partial charge >= 0.3 is 6.18 Å². The maximum atomic E-state index is 12.8. The van der Waals surface area contributed by atoms with Gasteiger partial charge in [-0.2, -0.15) is 13.2 Å². The third-order valence-corrected chi connectivity index (χ3v) is 5.24. The van der Waals surface area contributed by atoms with Crippen molar-refractivity contribution >= 4 is 17.0 Å². The number of aryl methyl sites for hydroxylation is 1. The molecule has 2 aromatic rings. The zero-order valence-corrected chi connectivity index (χ0v) is 14.3. The van der Waals surface area contributed by atoms with E-state index in [1.54, 1.807) is 17.4 Å². The van der Waals surface area contributed by atoms with Crippen molar-refractivity contribution in [2.45, 2.75) is 26.1 Å². The van der Waals surface area contributed by atoms with E-state index in [1.165, 1.54) is 12.1 Å². The molecule has 3 rings (SSSR count). The average Bonchev–Trinajstić information content (AvgIpc) is 3.02. The number of piperazine rings is 1. The van der Waals surface area contributed by atoms with E-state index in [-0.39, 0.29) is 0 Å². The highest BCUT2D eigenvalue weighted by molar-refractivity contribution is 7.09. The van der Waals surface area contributed by atoms with E-state index in [1.807, 2.05) is 4.90 Å². The topological polar surface area (TPSA) is 19.4 Å². The van der Waals surface area contributed by atoms with E-state index in [9.17, 15) is 13.2 Å². The van der Waals surface area contributed by atoms with E-state index in [2.05, 4.69) is 22.2 Å². The Balaban J connectivity index is 1.59. The summed E-state index contributed by atoms with van der Waals surface area (Å²) in [6.45, 7) is 6.02. The third-order valence-electron chi connectivity index (χ3n) is 4.20. The lowest BCUT2D eigenvalue weighted by molar-refractivity contribution is -0.137. The normalized spacial score (nSPS) is 16.6. The number of thiazole rings is 1. The first-order valence-electron chi connectivity index (χ1n) is 8.03. The Kier molecular flexibility index (Phi) is 5.10. The average molecular weight is 355 g/mol. The number of hydrogen-bond donors (Lipinski definition) is 0. The minimum atomic E-state index is -4.29. The van der Waals surface area contributed by atoms with Gasteiger partial charge in [0.2, 0.25) is 0 Å². The lowest BCUT2D eigenvalue weighted by atomic mass is 10.1. The molecular weight excluding hydrogens is 335 g/mol. The molecule has 0 saturated carbocycles. The van der Waals surface area contributed by atoms with Crippen LogP contribution in [0.3, 0.4) is 0 Å². The van der Waals surface area contributed by atoms with E-state index >= 15 is 0 Å². The molecule has 0 spiro atoms. The van der Waals surface area contributed by atoms with Crippen LogP contribution in [0, 0.1) is 0 Å². The number of nitrogens with zero attached hydrogens (tertiary/aromatic N) is 3. The molecule has 130 valence electrons. The van der Waals surface area contributed by atoms with Gasteiger partial charge in [0.05, 0.1) is 16.3 Å². The van der Waals surface area contributed by atoms with Crippen LogP contribution in [0.25, 0.3) is 0 Å². The van der Waals surface area contributed by atoms with Gasteiger partial charge in [-0.1, -0.05) is 13.0 Å². The van der Waals surface area contributed by atoms with Crippen molar-refractivity contribution in [3.05, 3.63) is 45.9 Å². The lowest BCUT2D eigenvalue weighted by Gasteiger charge is -2.36. The SMILES string of the molecule is CCc1nc(CN2CCN(c3cccc(C(F)(F)F)c3)CC2)cs1. The standard InChI is InChI=1S/C17H20F3N3S/c1-2-16-21-14(12-24-16)11-22-6-8-23(9-7-22)15-5-3-4-13(10-15)17(18,19)20/h3-5,10,12H,2,6-9,11H2,1H3. The first kappa shape index (κ1) is 17.2. The van der Waals surface area contributed by atoms with Crippen LogP contribution in [-0.2, 0) is 19.1 Å². The Morgan fingerprint density at radius 3 is 2.54 bits per heavy atom. The van der Waals surface area contributed by atoms with Gasteiger partial charge in [-0.05, 0) is 24.6 Å². The maximum absolute atomic E-state index is 12.8. The van der Waals surface area contributed by atoms with Crippen LogP contribution < -0.4 is 4.90 Å². The minimum absolute atomic E-state index is 0.586. The van der Waals surface area contributed by atoms with E-state index in [0.717, 1.165) is 55.9 Å². The third kappa shape index (κ3) is 4.08. The molecule has 0 radical (unpaired) electrons. The van der Waals surface area contributed by atoms with Crippen LogP contribution in [0.1, 0.15) is 23.2 Å². The molecule has 1 aromatic carbocycles. The summed E-state index contributed by atoms with van der Waals surface area (Å²) in [4.78, 5) is 8.90. The molecule has 1 saturated heterocycles. The van der Waals surface area contributed by atoms with Crippen LogP contribution in [0.4, 0.5) is 18.9 Å². The number of rotatable bonds is 4. The highest BCUT2D eigenvalue weighted by atomic mass is 32.1. The molecule has 7 heteroatoms. The highest BCUT2D eigenvalue weighted by Crippen LogP contribution is 2.31. The summed E-state index contributed by atoms with van der Waals surface area (Å²) in [6, 6.07) is 5.59. The van der Waals surface area contributed by atoms with Crippen molar-refractivity contribution in [3.63, 3.8) is 0 Å². The Labute approximate surface area is 143 Å². The molecule has 0 bridgehead atoms. The number of benzene rings is 1. The van der Waals surface area contributed by atoms with Gasteiger partial charge in [-0.25, -0.2) is 4.98 Å². The summed E-state index contributed by atoms with van der Waals surface area (Å²) >= 11 is 1.68. The monoisotopic (exact) mass is 355 g/mol. The Hall–Kier alpha value is -1.60. The van der Waals surface area contributed by atoms with Crippen molar-refractivity contribution in [2.24, 2.45) is 0 Å². The lowest BCUT2D eigenvalue weighted by Crippen LogP contribution is -2.46. The van der Waals surface area contributed by atoms with E-state index < -0.39 is 11.7 Å². The second kappa shape index (κ2) is 7.11. The van der Waals surface area contributed by atoms with Gasteiger partial charge in [-0.15, -0.1) is 11.3 Å². The van der Waals surface area contributed by atoms with Crippen LogP contribution in [0.2, 0.25) is 0 Å². The smallest absolute Gasteiger partial charge is 0.369 e. The largest absolute Gasteiger partial charge is 0.416 e. The zero-order valence-electron chi connectivity index (χ0n) is 13.5. The Morgan fingerprint density at radius 2 is 1.92 bits per heavy atom. The van der Waals surface area contributed by atoms with Crippen LogP contribution in [0.5, 0.6) is 0 Å². The van der Waals surface area contributed by atoms with Crippen molar-refractivity contribution in [1.29, 1.82) is 0 Å². The number of hydrogen-bond acceptors (Lipinski definition) is 4. The van der Waals surface area contributed by atoms with Crippen molar-refractivity contribution in [1.82, 2.24) is 9.88 Å². The summed E-state index contributed by atoms with van der Waals surface area (Å²) < 4.78 is 38.5. The fraction of sp³-hybridized carbons (Fsp3) is 0.471. The maximum Gasteiger partial charge on any atom is 0.416 e. The van der Waals surface area contributed by atoms with Gasteiger partial charge in [0, 0.05) is 43.8 Å². The molecule has 0 atom stereocenters. The second-order valence-corrected chi connectivity index (χ2v) is 6.84. The fourth-order valence-electron chi connectivity index (χ4n) is 2.86. The second-order valence-electron chi connectivity index (χ2n) is 5.90. The molecule has 0 N–H and O–H groups in total. The van der Waals surface area contributed by atoms with Gasteiger partial charge in [-0.3, -0.25) is 4.90 Å². The summed E-state index contributed by atoms with van der Waals surface area (Å²) in [5.74, 6) is 0. The molecule has 1 aliphatic heterocycles. The number of halogens is 3. The first-order valence-corrected chi connectivity index (χ1v) is 8.91. The zero-order chi connectivity index (χ0) is 17.2. The van der Waals surface area contributed by atoms with Gasteiger partial charge in [0.1, 0.15) is 0 Å². The molecule has 0 amide bonds.